The molecule has 0 aromatic heterocycles. The SMILES string of the molecule is COc1ccc(/C=N/OCCO/N=C/c2ccc(OC)cc2O)c(O)c1. The van der Waals surface area contributed by atoms with Crippen molar-refractivity contribution in [2.45, 2.75) is 0 Å². The van der Waals surface area contributed by atoms with Gasteiger partial charge in [0.05, 0.1) is 26.6 Å². The van der Waals surface area contributed by atoms with Crippen molar-refractivity contribution in [2.75, 3.05) is 27.4 Å². The van der Waals surface area contributed by atoms with Crippen LogP contribution in [0.3, 0.4) is 0 Å². The molecule has 0 unspecified atom stereocenters. The lowest BCUT2D eigenvalue weighted by atomic mass is 10.2. The molecular formula is C18H20N2O6. The summed E-state index contributed by atoms with van der Waals surface area (Å²) >= 11 is 0. The van der Waals surface area contributed by atoms with Crippen LogP contribution in [-0.2, 0) is 9.68 Å². The molecule has 0 amide bonds. The smallest absolute Gasteiger partial charge is 0.153 e. The molecule has 0 bridgehead atoms. The fourth-order valence-corrected chi connectivity index (χ4v) is 1.89. The molecule has 0 spiro atoms. The van der Waals surface area contributed by atoms with Crippen LogP contribution in [0, 0.1) is 0 Å². The Morgan fingerprint density at radius 2 is 1.19 bits per heavy atom. The van der Waals surface area contributed by atoms with Gasteiger partial charge in [-0.05, 0) is 24.3 Å². The van der Waals surface area contributed by atoms with Crippen molar-refractivity contribution in [3.05, 3.63) is 47.5 Å². The van der Waals surface area contributed by atoms with Gasteiger partial charge >= 0.3 is 0 Å². The van der Waals surface area contributed by atoms with E-state index in [1.54, 1.807) is 24.3 Å². The fraction of sp³-hybridized carbons (Fsp3) is 0.222. The molecule has 0 fully saturated rings. The van der Waals surface area contributed by atoms with Crippen molar-refractivity contribution < 1.29 is 29.4 Å². The lowest BCUT2D eigenvalue weighted by Crippen LogP contribution is -1.98. The zero-order valence-corrected chi connectivity index (χ0v) is 14.5. The summed E-state index contributed by atoms with van der Waals surface area (Å²) < 4.78 is 9.99. The molecule has 0 radical (unpaired) electrons. The predicted molar refractivity (Wildman–Crippen MR) is 96.4 cm³/mol. The van der Waals surface area contributed by atoms with Gasteiger partial charge in [-0.25, -0.2) is 0 Å². The Balaban J connectivity index is 1.71. The molecule has 2 aromatic carbocycles. The van der Waals surface area contributed by atoms with Crippen molar-refractivity contribution >= 4 is 12.4 Å². The number of oxime groups is 2. The van der Waals surface area contributed by atoms with E-state index in [9.17, 15) is 10.2 Å². The van der Waals surface area contributed by atoms with Crippen LogP contribution in [0.4, 0.5) is 0 Å². The minimum absolute atomic E-state index is 0.0387. The maximum Gasteiger partial charge on any atom is 0.153 e. The lowest BCUT2D eigenvalue weighted by molar-refractivity contribution is 0.0553. The van der Waals surface area contributed by atoms with Crippen molar-refractivity contribution in [3.63, 3.8) is 0 Å². The maximum atomic E-state index is 9.76. The quantitative estimate of drug-likeness (QED) is 0.405. The molecule has 8 nitrogen and oxygen atoms in total. The molecule has 8 heteroatoms. The first-order chi connectivity index (χ1) is 12.6. The van der Waals surface area contributed by atoms with Crippen LogP contribution in [-0.4, -0.2) is 50.1 Å². The summed E-state index contributed by atoms with van der Waals surface area (Å²) in [5, 5.41) is 27.0. The molecule has 2 N–H and O–H groups in total. The Labute approximate surface area is 150 Å². The Hall–Kier alpha value is -3.42. The molecule has 2 aromatic rings. The number of hydrogen-bond acceptors (Lipinski definition) is 8. The summed E-state index contributed by atoms with van der Waals surface area (Å²) in [5.74, 6) is 1.18. The number of nitrogens with zero attached hydrogens (tertiary/aromatic N) is 2. The van der Waals surface area contributed by atoms with E-state index >= 15 is 0 Å². The molecule has 26 heavy (non-hydrogen) atoms. The summed E-state index contributed by atoms with van der Waals surface area (Å²) in [4.78, 5) is 10.0. The second kappa shape index (κ2) is 9.77. The normalized spacial score (nSPS) is 11.0. The van der Waals surface area contributed by atoms with Crippen LogP contribution in [0.25, 0.3) is 0 Å². The van der Waals surface area contributed by atoms with E-state index in [1.165, 1.54) is 38.8 Å². The van der Waals surface area contributed by atoms with E-state index in [-0.39, 0.29) is 24.7 Å². The topological polar surface area (TPSA) is 102 Å². The molecule has 138 valence electrons. The highest BCUT2D eigenvalue weighted by Gasteiger charge is 2.01. The highest BCUT2D eigenvalue weighted by atomic mass is 16.7. The summed E-state index contributed by atoms with van der Waals surface area (Å²) in [6, 6.07) is 9.68. The van der Waals surface area contributed by atoms with E-state index in [0.717, 1.165) is 0 Å². The highest BCUT2D eigenvalue weighted by molar-refractivity contribution is 5.83. The van der Waals surface area contributed by atoms with Gasteiger partial charge < -0.3 is 29.4 Å². The first-order valence-corrected chi connectivity index (χ1v) is 7.68. The van der Waals surface area contributed by atoms with Gasteiger partial charge in [0.2, 0.25) is 0 Å². The number of phenolic OH excluding ortho intramolecular Hbond substituents is 2. The second-order valence-electron chi connectivity index (χ2n) is 4.98. The average molecular weight is 360 g/mol. The van der Waals surface area contributed by atoms with Crippen molar-refractivity contribution in [2.24, 2.45) is 10.3 Å². The third-order valence-electron chi connectivity index (χ3n) is 3.27. The summed E-state index contributed by atoms with van der Waals surface area (Å²) in [7, 11) is 3.04. The number of aromatic hydroxyl groups is 2. The van der Waals surface area contributed by atoms with Crippen molar-refractivity contribution in [1.82, 2.24) is 0 Å². The third-order valence-corrected chi connectivity index (χ3v) is 3.27. The molecule has 0 aliphatic rings. The van der Waals surface area contributed by atoms with E-state index in [1.807, 2.05) is 0 Å². The van der Waals surface area contributed by atoms with Crippen molar-refractivity contribution in [1.29, 1.82) is 0 Å². The van der Waals surface area contributed by atoms with Gasteiger partial charge in [0.15, 0.2) is 13.2 Å². The monoisotopic (exact) mass is 360 g/mol. The number of benzene rings is 2. The number of methoxy groups -OCH3 is 2. The van der Waals surface area contributed by atoms with Crippen LogP contribution in [0.1, 0.15) is 11.1 Å². The minimum atomic E-state index is 0.0387. The Kier molecular flexibility index (Phi) is 7.11. The van der Waals surface area contributed by atoms with Gasteiger partial charge in [0.1, 0.15) is 23.0 Å². The molecule has 0 saturated heterocycles. The van der Waals surface area contributed by atoms with Gasteiger partial charge in [-0.3, -0.25) is 0 Å². The largest absolute Gasteiger partial charge is 0.507 e. The van der Waals surface area contributed by atoms with Crippen LogP contribution >= 0.6 is 0 Å². The lowest BCUT2D eigenvalue weighted by Gasteiger charge is -2.03. The summed E-state index contributed by atoms with van der Waals surface area (Å²) in [5.41, 5.74) is 0.999. The van der Waals surface area contributed by atoms with E-state index < -0.39 is 0 Å². The maximum absolute atomic E-state index is 9.76. The van der Waals surface area contributed by atoms with E-state index in [4.69, 9.17) is 19.1 Å². The average Bonchev–Trinajstić information content (AvgIpc) is 2.65. The van der Waals surface area contributed by atoms with E-state index in [2.05, 4.69) is 10.3 Å². The summed E-state index contributed by atoms with van der Waals surface area (Å²) in [6.07, 6.45) is 2.76. The van der Waals surface area contributed by atoms with Crippen molar-refractivity contribution in [3.8, 4) is 23.0 Å². The second-order valence-corrected chi connectivity index (χ2v) is 4.98. The van der Waals surface area contributed by atoms with Crippen LogP contribution < -0.4 is 9.47 Å². The Morgan fingerprint density at radius 1 is 0.769 bits per heavy atom. The third kappa shape index (κ3) is 5.59. The van der Waals surface area contributed by atoms with Crippen LogP contribution in [0.15, 0.2) is 46.7 Å². The molecule has 0 saturated carbocycles. The first-order valence-electron chi connectivity index (χ1n) is 7.68. The number of ether oxygens (including phenoxy) is 2. The summed E-state index contributed by atoms with van der Waals surface area (Å²) in [6.45, 7) is 0.332. The van der Waals surface area contributed by atoms with Gasteiger partial charge in [-0.1, -0.05) is 10.3 Å². The molecule has 2 rings (SSSR count). The molecule has 0 aliphatic heterocycles. The molecule has 0 heterocycles. The fourth-order valence-electron chi connectivity index (χ4n) is 1.89. The Morgan fingerprint density at radius 3 is 1.54 bits per heavy atom. The highest BCUT2D eigenvalue weighted by Crippen LogP contribution is 2.22. The predicted octanol–water partition coefficient (Wildman–Crippen LogP) is 2.52. The van der Waals surface area contributed by atoms with E-state index in [0.29, 0.717) is 22.6 Å². The minimum Gasteiger partial charge on any atom is -0.507 e. The van der Waals surface area contributed by atoms with Gasteiger partial charge in [0.25, 0.3) is 0 Å². The van der Waals surface area contributed by atoms with Gasteiger partial charge in [-0.15, -0.1) is 0 Å². The van der Waals surface area contributed by atoms with Gasteiger partial charge in [0, 0.05) is 23.3 Å². The zero-order valence-electron chi connectivity index (χ0n) is 14.5. The van der Waals surface area contributed by atoms with Gasteiger partial charge in [-0.2, -0.15) is 0 Å². The number of hydrogen-bond donors (Lipinski definition) is 2. The number of rotatable bonds is 9. The molecular weight excluding hydrogens is 340 g/mol. The van der Waals surface area contributed by atoms with Crippen LogP contribution in [0.2, 0.25) is 0 Å². The molecule has 0 atom stereocenters. The first kappa shape index (κ1) is 18.9. The zero-order chi connectivity index (χ0) is 18.8. The Bertz CT molecular complexity index is 711. The number of phenols is 2. The van der Waals surface area contributed by atoms with Crippen LogP contribution in [0.5, 0.6) is 23.0 Å². The molecule has 0 aliphatic carbocycles. The standard InChI is InChI=1S/C18H20N2O6/c1-23-15-5-3-13(17(21)9-15)11-19-25-7-8-26-20-12-14-4-6-16(24-2)10-18(14)22/h3-6,9-12,21-22H,7-8H2,1-2H3/b19-11+,20-12+.